The number of rotatable bonds is 4. The molecular formula is C14H11Br2FN2O2. The van der Waals surface area contributed by atoms with Crippen molar-refractivity contribution >= 4 is 43.2 Å². The number of nitrogens with zero attached hydrogens (tertiary/aromatic N) is 1. The zero-order valence-electron chi connectivity index (χ0n) is 10.9. The van der Waals surface area contributed by atoms with E-state index in [9.17, 15) is 14.5 Å². The topological polar surface area (TPSA) is 55.2 Å². The normalized spacial score (nSPS) is 12.0. The maximum atomic E-state index is 13.6. The van der Waals surface area contributed by atoms with Crippen LogP contribution < -0.4 is 5.32 Å². The van der Waals surface area contributed by atoms with Crippen molar-refractivity contribution in [1.82, 2.24) is 0 Å². The highest BCUT2D eigenvalue weighted by Gasteiger charge is 2.15. The fourth-order valence-corrected chi connectivity index (χ4v) is 3.32. The van der Waals surface area contributed by atoms with Gasteiger partial charge in [0, 0.05) is 32.8 Å². The van der Waals surface area contributed by atoms with Crippen LogP contribution in [0.15, 0.2) is 45.3 Å². The maximum Gasteiger partial charge on any atom is 0.304 e. The summed E-state index contributed by atoms with van der Waals surface area (Å²) in [6.07, 6.45) is 0. The lowest BCUT2D eigenvalue weighted by molar-refractivity contribution is -0.387. The van der Waals surface area contributed by atoms with E-state index in [1.165, 1.54) is 6.07 Å². The molecule has 110 valence electrons. The molecule has 0 fully saturated rings. The molecule has 0 spiro atoms. The van der Waals surface area contributed by atoms with Gasteiger partial charge in [-0.15, -0.1) is 0 Å². The molecule has 2 aromatic carbocycles. The molecule has 1 N–H and O–H groups in total. The second-order valence-corrected chi connectivity index (χ2v) is 6.23. The SMILES string of the molecule is CC(Nc1ccc([N+](=O)[O-])c(F)c1)c1ccc(Br)cc1Br. The van der Waals surface area contributed by atoms with Crippen LogP contribution in [-0.4, -0.2) is 4.92 Å². The number of hydrogen-bond donors (Lipinski definition) is 1. The third-order valence-electron chi connectivity index (χ3n) is 2.96. The first kappa shape index (κ1) is 15.9. The van der Waals surface area contributed by atoms with E-state index < -0.39 is 16.4 Å². The second-order valence-electron chi connectivity index (χ2n) is 4.46. The van der Waals surface area contributed by atoms with Gasteiger partial charge >= 0.3 is 5.69 Å². The summed E-state index contributed by atoms with van der Waals surface area (Å²) in [4.78, 5) is 9.85. The van der Waals surface area contributed by atoms with Crippen LogP contribution >= 0.6 is 31.9 Å². The zero-order valence-corrected chi connectivity index (χ0v) is 14.1. The Balaban J connectivity index is 2.21. The van der Waals surface area contributed by atoms with Crippen molar-refractivity contribution < 1.29 is 9.31 Å². The number of hydrogen-bond acceptors (Lipinski definition) is 3. The number of nitro benzene ring substituents is 1. The molecule has 0 aliphatic heterocycles. The van der Waals surface area contributed by atoms with Gasteiger partial charge in [-0.25, -0.2) is 0 Å². The van der Waals surface area contributed by atoms with E-state index in [4.69, 9.17) is 0 Å². The van der Waals surface area contributed by atoms with E-state index in [2.05, 4.69) is 37.2 Å². The largest absolute Gasteiger partial charge is 0.378 e. The lowest BCUT2D eigenvalue weighted by Crippen LogP contribution is -2.07. The Labute approximate surface area is 137 Å². The smallest absolute Gasteiger partial charge is 0.304 e. The minimum absolute atomic E-state index is 0.0895. The highest BCUT2D eigenvalue weighted by Crippen LogP contribution is 2.30. The molecule has 4 nitrogen and oxygen atoms in total. The molecule has 21 heavy (non-hydrogen) atoms. The van der Waals surface area contributed by atoms with E-state index in [1.807, 2.05) is 25.1 Å². The van der Waals surface area contributed by atoms with Gasteiger partial charge in [0.25, 0.3) is 0 Å². The van der Waals surface area contributed by atoms with E-state index in [0.717, 1.165) is 26.6 Å². The van der Waals surface area contributed by atoms with Gasteiger partial charge in [0.05, 0.1) is 4.92 Å². The lowest BCUT2D eigenvalue weighted by Gasteiger charge is -2.17. The van der Waals surface area contributed by atoms with Crippen LogP contribution in [0, 0.1) is 15.9 Å². The molecule has 7 heteroatoms. The van der Waals surface area contributed by atoms with Crippen molar-refractivity contribution in [3.8, 4) is 0 Å². The minimum Gasteiger partial charge on any atom is -0.378 e. The Hall–Kier alpha value is -1.47. The molecule has 0 saturated heterocycles. The summed E-state index contributed by atoms with van der Waals surface area (Å²) >= 11 is 6.85. The molecule has 0 radical (unpaired) electrons. The number of benzene rings is 2. The second kappa shape index (κ2) is 6.53. The summed E-state index contributed by atoms with van der Waals surface area (Å²) in [5.41, 5.74) is 0.954. The predicted octanol–water partition coefficient (Wildman–Crippen LogP) is 5.43. The summed E-state index contributed by atoms with van der Waals surface area (Å²) in [5, 5.41) is 13.7. The maximum absolute atomic E-state index is 13.6. The van der Waals surface area contributed by atoms with E-state index >= 15 is 0 Å². The van der Waals surface area contributed by atoms with Gasteiger partial charge in [-0.1, -0.05) is 37.9 Å². The van der Waals surface area contributed by atoms with Crippen molar-refractivity contribution in [1.29, 1.82) is 0 Å². The highest BCUT2D eigenvalue weighted by atomic mass is 79.9. The number of halogens is 3. The highest BCUT2D eigenvalue weighted by molar-refractivity contribution is 9.11. The third-order valence-corrected chi connectivity index (χ3v) is 4.14. The molecule has 1 unspecified atom stereocenters. The van der Waals surface area contributed by atoms with Crippen LogP contribution in [0.25, 0.3) is 0 Å². The Kier molecular flexibility index (Phi) is 4.95. The predicted molar refractivity (Wildman–Crippen MR) is 86.9 cm³/mol. The number of nitro groups is 1. The van der Waals surface area contributed by atoms with Crippen molar-refractivity contribution in [2.45, 2.75) is 13.0 Å². The summed E-state index contributed by atoms with van der Waals surface area (Å²) < 4.78 is 15.5. The molecule has 0 heterocycles. The molecule has 0 saturated carbocycles. The monoisotopic (exact) mass is 416 g/mol. The van der Waals surface area contributed by atoms with Gasteiger partial charge in [0.1, 0.15) is 0 Å². The number of nitrogens with one attached hydrogen (secondary N) is 1. The van der Waals surface area contributed by atoms with Gasteiger partial charge in [0.15, 0.2) is 0 Å². The van der Waals surface area contributed by atoms with Gasteiger partial charge in [-0.2, -0.15) is 4.39 Å². The Bertz CT molecular complexity index is 695. The molecule has 0 aromatic heterocycles. The van der Waals surface area contributed by atoms with Gasteiger partial charge < -0.3 is 5.32 Å². The van der Waals surface area contributed by atoms with Gasteiger partial charge in [-0.3, -0.25) is 10.1 Å². The van der Waals surface area contributed by atoms with Crippen LogP contribution in [0.3, 0.4) is 0 Å². The van der Waals surface area contributed by atoms with Crippen LogP contribution in [0.1, 0.15) is 18.5 Å². The fourth-order valence-electron chi connectivity index (χ4n) is 1.93. The average molecular weight is 418 g/mol. The summed E-state index contributed by atoms with van der Waals surface area (Å²) in [7, 11) is 0. The fraction of sp³-hybridized carbons (Fsp3) is 0.143. The Morgan fingerprint density at radius 3 is 2.52 bits per heavy atom. The van der Waals surface area contributed by atoms with E-state index in [1.54, 1.807) is 0 Å². The molecule has 0 aliphatic carbocycles. The van der Waals surface area contributed by atoms with Crippen molar-refractivity contribution in [2.24, 2.45) is 0 Å². The third kappa shape index (κ3) is 3.79. The molecule has 0 aliphatic rings. The van der Waals surface area contributed by atoms with E-state index in [0.29, 0.717) is 5.69 Å². The van der Waals surface area contributed by atoms with Crippen LogP contribution in [-0.2, 0) is 0 Å². The quantitative estimate of drug-likeness (QED) is 0.532. The molecule has 2 aromatic rings. The molecule has 2 rings (SSSR count). The first-order valence-corrected chi connectivity index (χ1v) is 7.62. The van der Waals surface area contributed by atoms with Crippen LogP contribution in [0.4, 0.5) is 15.8 Å². The molecule has 0 amide bonds. The van der Waals surface area contributed by atoms with Crippen LogP contribution in [0.2, 0.25) is 0 Å². The van der Waals surface area contributed by atoms with Crippen molar-refractivity contribution in [3.05, 3.63) is 66.8 Å². The minimum atomic E-state index is -0.855. The summed E-state index contributed by atoms with van der Waals surface area (Å²) in [5.74, 6) is -0.855. The van der Waals surface area contributed by atoms with Crippen molar-refractivity contribution in [2.75, 3.05) is 5.32 Å². The molecular weight excluding hydrogens is 407 g/mol. The van der Waals surface area contributed by atoms with Crippen LogP contribution in [0.5, 0.6) is 0 Å². The van der Waals surface area contributed by atoms with Crippen molar-refractivity contribution in [3.63, 3.8) is 0 Å². The van der Waals surface area contributed by atoms with Gasteiger partial charge in [-0.05, 0) is 30.7 Å². The average Bonchev–Trinajstić information content (AvgIpc) is 2.37. The Morgan fingerprint density at radius 2 is 1.95 bits per heavy atom. The standard InChI is InChI=1S/C14H11Br2FN2O2/c1-8(11-4-2-9(15)6-12(11)16)18-10-3-5-14(19(20)21)13(17)7-10/h2-8,18H,1H3. The molecule has 0 bridgehead atoms. The molecule has 1 atom stereocenters. The lowest BCUT2D eigenvalue weighted by atomic mass is 10.1. The summed E-state index contributed by atoms with van der Waals surface area (Å²) in [6.45, 7) is 1.92. The zero-order chi connectivity index (χ0) is 15.6. The van der Waals surface area contributed by atoms with E-state index in [-0.39, 0.29) is 6.04 Å². The van der Waals surface area contributed by atoms with Gasteiger partial charge in [0.2, 0.25) is 5.82 Å². The first-order valence-electron chi connectivity index (χ1n) is 6.04. The number of anilines is 1. The first-order chi connectivity index (χ1) is 9.88. The summed E-state index contributed by atoms with van der Waals surface area (Å²) in [6, 6.07) is 9.45. The Morgan fingerprint density at radius 1 is 1.24 bits per heavy atom.